The summed E-state index contributed by atoms with van der Waals surface area (Å²) < 4.78 is 7.83. The van der Waals surface area contributed by atoms with Gasteiger partial charge in [-0.2, -0.15) is 0 Å². The summed E-state index contributed by atoms with van der Waals surface area (Å²) in [5.41, 5.74) is 8.53. The summed E-state index contributed by atoms with van der Waals surface area (Å²) >= 11 is 4.96. The number of imidazole rings is 1. The number of ether oxygens (including phenoxy) is 1. The maximum Gasteiger partial charge on any atom is 0.120 e. The van der Waals surface area contributed by atoms with E-state index in [0.717, 1.165) is 28.9 Å². The van der Waals surface area contributed by atoms with E-state index in [-0.39, 0.29) is 0 Å². The summed E-state index contributed by atoms with van der Waals surface area (Å²) in [6.45, 7) is 1.29. The average molecular weight is 297 g/mol. The van der Waals surface area contributed by atoms with E-state index in [1.807, 2.05) is 48.8 Å². The maximum atomic E-state index is 5.76. The summed E-state index contributed by atoms with van der Waals surface area (Å²) in [5, 5.41) is 0. The number of aromatic nitrogens is 2. The second-order valence-electron chi connectivity index (χ2n) is 4.67. The van der Waals surface area contributed by atoms with Gasteiger partial charge >= 0.3 is 0 Å². The van der Waals surface area contributed by atoms with Crippen LogP contribution in [0.25, 0.3) is 11.0 Å². The van der Waals surface area contributed by atoms with Crippen LogP contribution in [-0.2, 0) is 6.54 Å². The first-order chi connectivity index (χ1) is 10.2. The van der Waals surface area contributed by atoms with Crippen LogP contribution in [0.4, 0.5) is 0 Å². The summed E-state index contributed by atoms with van der Waals surface area (Å²) in [6, 6.07) is 15.6. The first-order valence-electron chi connectivity index (χ1n) is 6.66. The number of fused-ring (bicyclic) bond motifs is 1. The standard InChI is InChI=1S/C16H15N3OS/c17-16(21)12-4-3-5-13(10-12)20-9-8-19-11-18-14-6-1-2-7-15(14)19/h1-7,10-11H,8-9H2,(H2,17,21). The van der Waals surface area contributed by atoms with E-state index in [0.29, 0.717) is 11.6 Å². The number of rotatable bonds is 5. The Bertz CT molecular complexity index is 782. The minimum Gasteiger partial charge on any atom is -0.492 e. The van der Waals surface area contributed by atoms with E-state index in [4.69, 9.17) is 22.7 Å². The molecule has 1 aromatic heterocycles. The number of benzene rings is 2. The van der Waals surface area contributed by atoms with Crippen molar-refractivity contribution in [2.45, 2.75) is 6.54 Å². The van der Waals surface area contributed by atoms with E-state index in [9.17, 15) is 0 Å². The molecule has 106 valence electrons. The molecule has 0 aliphatic heterocycles. The molecule has 3 aromatic rings. The molecule has 4 nitrogen and oxygen atoms in total. The fourth-order valence-electron chi connectivity index (χ4n) is 2.19. The van der Waals surface area contributed by atoms with Crippen LogP contribution in [0.2, 0.25) is 0 Å². The normalized spacial score (nSPS) is 10.7. The van der Waals surface area contributed by atoms with Gasteiger partial charge in [0.1, 0.15) is 17.3 Å². The lowest BCUT2D eigenvalue weighted by molar-refractivity contribution is 0.300. The molecule has 0 fully saturated rings. The van der Waals surface area contributed by atoms with Crippen molar-refractivity contribution in [3.8, 4) is 5.75 Å². The highest BCUT2D eigenvalue weighted by Gasteiger charge is 2.02. The fraction of sp³-hybridized carbons (Fsp3) is 0.125. The largest absolute Gasteiger partial charge is 0.492 e. The Hall–Kier alpha value is -2.40. The smallest absolute Gasteiger partial charge is 0.120 e. The summed E-state index contributed by atoms with van der Waals surface area (Å²) in [5.74, 6) is 0.768. The molecule has 0 saturated heterocycles. The van der Waals surface area contributed by atoms with Crippen molar-refractivity contribution in [1.29, 1.82) is 0 Å². The molecular formula is C16H15N3OS. The predicted molar refractivity (Wildman–Crippen MR) is 87.6 cm³/mol. The predicted octanol–water partition coefficient (Wildman–Crippen LogP) is 2.75. The zero-order valence-electron chi connectivity index (χ0n) is 11.4. The van der Waals surface area contributed by atoms with Crippen molar-refractivity contribution in [2.75, 3.05) is 6.61 Å². The van der Waals surface area contributed by atoms with E-state index in [1.165, 1.54) is 0 Å². The maximum absolute atomic E-state index is 5.76. The lowest BCUT2D eigenvalue weighted by Gasteiger charge is -2.08. The number of hydrogen-bond donors (Lipinski definition) is 1. The van der Waals surface area contributed by atoms with Gasteiger partial charge in [-0.25, -0.2) is 4.98 Å². The summed E-state index contributed by atoms with van der Waals surface area (Å²) in [6.07, 6.45) is 1.83. The first kappa shape index (κ1) is 13.6. The van der Waals surface area contributed by atoms with Crippen molar-refractivity contribution in [2.24, 2.45) is 5.73 Å². The minimum absolute atomic E-state index is 0.376. The molecule has 1 heterocycles. The van der Waals surface area contributed by atoms with Gasteiger partial charge in [0.05, 0.1) is 23.9 Å². The zero-order valence-corrected chi connectivity index (χ0v) is 12.2. The zero-order chi connectivity index (χ0) is 14.7. The lowest BCUT2D eigenvalue weighted by Crippen LogP contribution is -2.10. The van der Waals surface area contributed by atoms with Crippen LogP contribution in [0.3, 0.4) is 0 Å². The average Bonchev–Trinajstić information content (AvgIpc) is 2.91. The number of para-hydroxylation sites is 2. The van der Waals surface area contributed by atoms with E-state index in [2.05, 4.69) is 15.6 Å². The highest BCUT2D eigenvalue weighted by molar-refractivity contribution is 7.80. The Labute approximate surface area is 128 Å². The molecule has 0 aliphatic carbocycles. The third-order valence-corrected chi connectivity index (χ3v) is 3.48. The van der Waals surface area contributed by atoms with Crippen molar-refractivity contribution in [1.82, 2.24) is 9.55 Å². The summed E-state index contributed by atoms with van der Waals surface area (Å²) in [4.78, 5) is 4.73. The van der Waals surface area contributed by atoms with E-state index in [1.54, 1.807) is 0 Å². The number of nitrogens with zero attached hydrogens (tertiary/aromatic N) is 2. The number of thiocarbonyl (C=S) groups is 1. The van der Waals surface area contributed by atoms with E-state index < -0.39 is 0 Å². The van der Waals surface area contributed by atoms with Crippen LogP contribution in [-0.4, -0.2) is 21.1 Å². The quantitative estimate of drug-likeness (QED) is 0.736. The topological polar surface area (TPSA) is 53.1 Å². The molecule has 2 N–H and O–H groups in total. The van der Waals surface area contributed by atoms with Crippen LogP contribution in [0, 0.1) is 0 Å². The molecule has 3 rings (SSSR count). The summed E-state index contributed by atoms with van der Waals surface area (Å²) in [7, 11) is 0. The Morgan fingerprint density at radius 1 is 1.19 bits per heavy atom. The molecule has 0 bridgehead atoms. The van der Waals surface area contributed by atoms with Gasteiger partial charge < -0.3 is 15.0 Å². The van der Waals surface area contributed by atoms with Gasteiger partial charge in [0.25, 0.3) is 0 Å². The van der Waals surface area contributed by atoms with Gasteiger partial charge in [-0.3, -0.25) is 0 Å². The second-order valence-corrected chi connectivity index (χ2v) is 5.11. The van der Waals surface area contributed by atoms with Gasteiger partial charge in [-0.15, -0.1) is 0 Å². The van der Waals surface area contributed by atoms with Gasteiger partial charge in [-0.1, -0.05) is 36.5 Å². The van der Waals surface area contributed by atoms with E-state index >= 15 is 0 Å². The molecule has 0 aliphatic rings. The second kappa shape index (κ2) is 5.93. The van der Waals surface area contributed by atoms with Gasteiger partial charge in [0.15, 0.2) is 0 Å². The minimum atomic E-state index is 0.376. The number of hydrogen-bond acceptors (Lipinski definition) is 3. The van der Waals surface area contributed by atoms with Crippen molar-refractivity contribution >= 4 is 28.2 Å². The highest BCUT2D eigenvalue weighted by Crippen LogP contribution is 2.15. The Morgan fingerprint density at radius 2 is 2.05 bits per heavy atom. The SMILES string of the molecule is NC(=S)c1cccc(OCCn2cnc3ccccc32)c1. The third-order valence-electron chi connectivity index (χ3n) is 3.25. The van der Waals surface area contributed by atoms with Gasteiger partial charge in [0, 0.05) is 5.56 Å². The molecule has 2 aromatic carbocycles. The van der Waals surface area contributed by atoms with Gasteiger partial charge in [-0.05, 0) is 24.3 Å². The third kappa shape index (κ3) is 3.03. The monoisotopic (exact) mass is 297 g/mol. The number of nitrogens with two attached hydrogens (primary N) is 1. The molecule has 0 spiro atoms. The van der Waals surface area contributed by atoms with Crippen molar-refractivity contribution < 1.29 is 4.74 Å². The van der Waals surface area contributed by atoms with Crippen molar-refractivity contribution in [3.63, 3.8) is 0 Å². The lowest BCUT2D eigenvalue weighted by atomic mass is 10.2. The van der Waals surface area contributed by atoms with Crippen LogP contribution < -0.4 is 10.5 Å². The molecule has 0 saturated carbocycles. The Kier molecular flexibility index (Phi) is 3.83. The van der Waals surface area contributed by atoms with Crippen LogP contribution >= 0.6 is 12.2 Å². The molecule has 0 atom stereocenters. The molecule has 0 unspecified atom stereocenters. The first-order valence-corrected chi connectivity index (χ1v) is 7.07. The molecule has 0 amide bonds. The van der Waals surface area contributed by atoms with Gasteiger partial charge in [0.2, 0.25) is 0 Å². The highest BCUT2D eigenvalue weighted by atomic mass is 32.1. The Balaban J connectivity index is 1.66. The Morgan fingerprint density at radius 3 is 2.90 bits per heavy atom. The molecule has 21 heavy (non-hydrogen) atoms. The molecule has 0 radical (unpaired) electrons. The van der Waals surface area contributed by atoms with Crippen LogP contribution in [0.15, 0.2) is 54.9 Å². The van der Waals surface area contributed by atoms with Crippen LogP contribution in [0.5, 0.6) is 5.75 Å². The molecule has 5 heteroatoms. The van der Waals surface area contributed by atoms with Crippen LogP contribution in [0.1, 0.15) is 5.56 Å². The fourth-order valence-corrected chi connectivity index (χ4v) is 2.32. The molecular weight excluding hydrogens is 282 g/mol. The van der Waals surface area contributed by atoms with Crippen molar-refractivity contribution in [3.05, 3.63) is 60.4 Å².